The molecule has 0 aliphatic carbocycles. The molecule has 2 rings (SSSR count). The van der Waals surface area contributed by atoms with Crippen LogP contribution < -0.4 is 9.64 Å². The molecule has 1 atom stereocenters. The smallest absolute Gasteiger partial charge is 0.237 e. The van der Waals surface area contributed by atoms with Crippen molar-refractivity contribution >= 4 is 31.3 Å². The number of methoxy groups -OCH3 is 1. The number of ether oxygens (including phenoxy) is 1. The van der Waals surface area contributed by atoms with Crippen LogP contribution in [0.4, 0.5) is 10.1 Å². The molecule has 0 spiro atoms. The van der Waals surface area contributed by atoms with Crippen molar-refractivity contribution in [2.75, 3.05) is 18.6 Å². The van der Waals surface area contributed by atoms with Gasteiger partial charge in [-0.1, -0.05) is 0 Å². The summed E-state index contributed by atoms with van der Waals surface area (Å²) >= 11 is 0. The van der Waals surface area contributed by atoms with Gasteiger partial charge in [0.05, 0.1) is 12.8 Å². The van der Waals surface area contributed by atoms with Gasteiger partial charge in [-0.15, -0.1) is 0 Å². The summed E-state index contributed by atoms with van der Waals surface area (Å²) in [5, 5.41) is -0.991. The molecular weight excluding hydrogens is 297 g/mol. The number of carbonyl (C=O) groups excluding carboxylic acids is 1. The molecule has 0 saturated carbocycles. The van der Waals surface area contributed by atoms with Crippen LogP contribution >= 0.6 is 10.7 Å². The Morgan fingerprint density at radius 2 is 2.16 bits per heavy atom. The number of benzene rings is 1. The molecule has 1 unspecified atom stereocenters. The molecule has 1 aromatic carbocycles. The topological polar surface area (TPSA) is 63.7 Å². The highest BCUT2D eigenvalue weighted by Crippen LogP contribution is 2.34. The van der Waals surface area contributed by atoms with Gasteiger partial charge in [-0.25, -0.2) is 12.8 Å². The Bertz CT molecular complexity index is 619. The highest BCUT2D eigenvalue weighted by Gasteiger charge is 2.39. The predicted molar refractivity (Wildman–Crippen MR) is 68.5 cm³/mol. The lowest BCUT2D eigenvalue weighted by molar-refractivity contribution is -0.117. The Labute approximate surface area is 114 Å². The molecule has 5 nitrogen and oxygen atoms in total. The zero-order valence-corrected chi connectivity index (χ0v) is 11.5. The fraction of sp³-hybridized carbons (Fsp3) is 0.364. The molecule has 1 amide bonds. The molecule has 1 heterocycles. The van der Waals surface area contributed by atoms with Crippen molar-refractivity contribution in [3.8, 4) is 5.75 Å². The average Bonchev–Trinajstić information content (AvgIpc) is 2.71. The van der Waals surface area contributed by atoms with Crippen LogP contribution in [0.5, 0.6) is 5.75 Å². The van der Waals surface area contributed by atoms with Crippen molar-refractivity contribution in [1.29, 1.82) is 0 Å². The Balaban J connectivity index is 2.38. The van der Waals surface area contributed by atoms with E-state index in [0.29, 0.717) is 5.75 Å². The maximum absolute atomic E-state index is 13.3. The van der Waals surface area contributed by atoms with Crippen LogP contribution in [0.25, 0.3) is 0 Å². The van der Waals surface area contributed by atoms with E-state index in [1.165, 1.54) is 24.1 Å². The Morgan fingerprint density at radius 1 is 1.47 bits per heavy atom. The van der Waals surface area contributed by atoms with Crippen molar-refractivity contribution in [2.24, 2.45) is 0 Å². The average molecular weight is 308 g/mol. The minimum atomic E-state index is -3.83. The molecule has 8 heteroatoms. The van der Waals surface area contributed by atoms with E-state index >= 15 is 0 Å². The number of amides is 1. The van der Waals surface area contributed by atoms with Gasteiger partial charge in [0, 0.05) is 29.7 Å². The molecule has 104 valence electrons. The summed E-state index contributed by atoms with van der Waals surface area (Å²) in [6.45, 7) is -0.107. The first-order chi connectivity index (χ1) is 8.82. The van der Waals surface area contributed by atoms with E-state index in [1.807, 2.05) is 0 Å². The summed E-state index contributed by atoms with van der Waals surface area (Å²) < 4.78 is 40.8. The van der Waals surface area contributed by atoms with Crippen molar-refractivity contribution in [1.82, 2.24) is 0 Å². The monoisotopic (exact) mass is 307 g/mol. The fourth-order valence-corrected chi connectivity index (χ4v) is 3.00. The van der Waals surface area contributed by atoms with Gasteiger partial charge in [0.25, 0.3) is 0 Å². The molecule has 1 fully saturated rings. The first-order valence-electron chi connectivity index (χ1n) is 5.40. The maximum atomic E-state index is 13.3. The van der Waals surface area contributed by atoms with E-state index in [2.05, 4.69) is 0 Å². The van der Waals surface area contributed by atoms with E-state index < -0.39 is 26.0 Å². The van der Waals surface area contributed by atoms with Gasteiger partial charge >= 0.3 is 0 Å². The highest BCUT2D eigenvalue weighted by atomic mass is 35.7. The third-order valence-corrected chi connectivity index (χ3v) is 4.79. The predicted octanol–water partition coefficient (Wildman–Crippen LogP) is 1.51. The molecule has 0 radical (unpaired) electrons. The van der Waals surface area contributed by atoms with Crippen molar-refractivity contribution in [2.45, 2.75) is 11.7 Å². The lowest BCUT2D eigenvalue weighted by Gasteiger charge is -2.19. The van der Waals surface area contributed by atoms with Gasteiger partial charge in [0.1, 0.15) is 16.8 Å². The second-order valence-electron chi connectivity index (χ2n) is 4.12. The maximum Gasteiger partial charge on any atom is 0.237 e. The molecule has 19 heavy (non-hydrogen) atoms. The standard InChI is InChI=1S/C11H11ClFNO4S/c1-18-10-3-2-7(13)4-9(10)14-6-8(5-11(14)15)19(12,16)17/h2-4,8H,5-6H2,1H3. The fourth-order valence-electron chi connectivity index (χ4n) is 1.97. The summed E-state index contributed by atoms with van der Waals surface area (Å²) in [4.78, 5) is 13.0. The van der Waals surface area contributed by atoms with Crippen LogP contribution in [0.3, 0.4) is 0 Å². The van der Waals surface area contributed by atoms with Gasteiger partial charge < -0.3 is 9.64 Å². The molecule has 0 N–H and O–H groups in total. The van der Waals surface area contributed by atoms with Gasteiger partial charge in [-0.2, -0.15) is 0 Å². The quantitative estimate of drug-likeness (QED) is 0.794. The summed E-state index contributed by atoms with van der Waals surface area (Å²) in [5.41, 5.74) is 0.204. The summed E-state index contributed by atoms with van der Waals surface area (Å²) in [6.07, 6.45) is -0.217. The lowest BCUT2D eigenvalue weighted by Crippen LogP contribution is -2.27. The number of hydrogen-bond donors (Lipinski definition) is 0. The summed E-state index contributed by atoms with van der Waals surface area (Å²) in [5.74, 6) is -0.679. The molecule has 0 aromatic heterocycles. The molecule has 1 saturated heterocycles. The minimum Gasteiger partial charge on any atom is -0.495 e. The molecular formula is C11H11ClFNO4S. The summed E-state index contributed by atoms with van der Waals surface area (Å²) in [7, 11) is 2.80. The van der Waals surface area contributed by atoms with E-state index in [4.69, 9.17) is 15.4 Å². The van der Waals surface area contributed by atoms with Crippen LogP contribution in [0.2, 0.25) is 0 Å². The first-order valence-corrected chi connectivity index (χ1v) is 7.77. The van der Waals surface area contributed by atoms with Gasteiger partial charge in [-0.05, 0) is 12.1 Å². The lowest BCUT2D eigenvalue weighted by atomic mass is 10.2. The second-order valence-corrected chi connectivity index (χ2v) is 7.03. The number of anilines is 1. The Hall–Kier alpha value is -1.34. The van der Waals surface area contributed by atoms with Crippen LogP contribution in [-0.4, -0.2) is 33.2 Å². The molecule has 1 aliphatic rings. The number of rotatable bonds is 3. The molecule has 1 aromatic rings. The normalized spacial score (nSPS) is 19.8. The first kappa shape index (κ1) is 14.1. The third kappa shape index (κ3) is 2.82. The number of nitrogens with zero attached hydrogens (tertiary/aromatic N) is 1. The molecule has 1 aliphatic heterocycles. The zero-order valence-electron chi connectivity index (χ0n) is 9.97. The molecule has 0 bridgehead atoms. The minimum absolute atomic E-state index is 0.107. The highest BCUT2D eigenvalue weighted by molar-refractivity contribution is 8.14. The van der Waals surface area contributed by atoms with Gasteiger partial charge in [-0.3, -0.25) is 4.79 Å². The summed E-state index contributed by atoms with van der Waals surface area (Å²) in [6, 6.07) is 3.69. The third-order valence-electron chi connectivity index (χ3n) is 2.92. The number of halogens is 2. The zero-order chi connectivity index (χ0) is 14.2. The van der Waals surface area contributed by atoms with E-state index in [1.54, 1.807) is 0 Å². The number of hydrogen-bond acceptors (Lipinski definition) is 4. The van der Waals surface area contributed by atoms with E-state index in [0.717, 1.165) is 6.07 Å². The second kappa shape index (κ2) is 4.97. The largest absolute Gasteiger partial charge is 0.495 e. The van der Waals surface area contributed by atoms with Crippen LogP contribution in [-0.2, 0) is 13.8 Å². The van der Waals surface area contributed by atoms with Gasteiger partial charge in [0.2, 0.25) is 15.0 Å². The van der Waals surface area contributed by atoms with Crippen molar-refractivity contribution < 1.29 is 22.3 Å². The van der Waals surface area contributed by atoms with E-state index in [-0.39, 0.29) is 18.7 Å². The van der Waals surface area contributed by atoms with Crippen molar-refractivity contribution in [3.63, 3.8) is 0 Å². The Kier molecular flexibility index (Phi) is 3.69. The van der Waals surface area contributed by atoms with Crippen LogP contribution in [0.1, 0.15) is 6.42 Å². The van der Waals surface area contributed by atoms with E-state index in [9.17, 15) is 17.6 Å². The van der Waals surface area contributed by atoms with Crippen molar-refractivity contribution in [3.05, 3.63) is 24.0 Å². The van der Waals surface area contributed by atoms with Crippen LogP contribution in [0.15, 0.2) is 18.2 Å². The SMILES string of the molecule is COc1ccc(F)cc1N1CC(S(=O)(=O)Cl)CC1=O. The van der Waals surface area contributed by atoms with Crippen LogP contribution in [0, 0.1) is 5.82 Å². The van der Waals surface area contributed by atoms with Gasteiger partial charge in [0.15, 0.2) is 0 Å². The Morgan fingerprint density at radius 3 is 2.68 bits per heavy atom. The number of carbonyl (C=O) groups is 1.